The molecular weight excluding hydrogens is 542 g/mol. The normalized spacial score (nSPS) is 16.1. The van der Waals surface area contributed by atoms with Crippen molar-refractivity contribution >= 4 is 56.1 Å². The fraction of sp³-hybridized carbons (Fsp3) is 0.333. The first kappa shape index (κ1) is 25.7. The van der Waals surface area contributed by atoms with Crippen molar-refractivity contribution in [3.63, 3.8) is 0 Å². The van der Waals surface area contributed by atoms with Crippen molar-refractivity contribution in [2.75, 3.05) is 43.6 Å². The van der Waals surface area contributed by atoms with E-state index < -0.39 is 0 Å². The molecule has 2 fully saturated rings. The zero-order valence-electron chi connectivity index (χ0n) is 22.6. The molecule has 5 heterocycles. The van der Waals surface area contributed by atoms with Gasteiger partial charge in [-0.25, -0.2) is 9.78 Å². The number of carbonyl (C=O) groups excluding carboxylic acids is 1. The van der Waals surface area contributed by atoms with Crippen LogP contribution in [0.5, 0.6) is 0 Å². The molecule has 10 nitrogen and oxygen atoms in total. The Morgan fingerprint density at radius 1 is 1.12 bits per heavy atom. The van der Waals surface area contributed by atoms with Gasteiger partial charge in [-0.05, 0) is 36.6 Å². The van der Waals surface area contributed by atoms with Gasteiger partial charge in [0.2, 0.25) is 11.4 Å². The van der Waals surface area contributed by atoms with Crippen LogP contribution < -0.4 is 15.6 Å². The Kier molecular flexibility index (Phi) is 6.68. The van der Waals surface area contributed by atoms with E-state index in [2.05, 4.69) is 10.3 Å². The molecule has 0 radical (unpaired) electrons. The zero-order chi connectivity index (χ0) is 27.9. The second kappa shape index (κ2) is 10.6. The van der Waals surface area contributed by atoms with Crippen LogP contribution in [0, 0.1) is 0 Å². The van der Waals surface area contributed by atoms with Crippen LogP contribution in [0.3, 0.4) is 0 Å². The molecule has 0 amide bonds. The van der Waals surface area contributed by atoms with Crippen molar-refractivity contribution in [2.24, 2.45) is 0 Å². The van der Waals surface area contributed by atoms with Gasteiger partial charge in [0.15, 0.2) is 11.5 Å². The van der Waals surface area contributed by atoms with Crippen LogP contribution in [-0.4, -0.2) is 53.9 Å². The molecule has 5 aromatic rings. The summed E-state index contributed by atoms with van der Waals surface area (Å²) in [4.78, 5) is 36.7. The van der Waals surface area contributed by atoms with Crippen molar-refractivity contribution in [1.82, 2.24) is 14.5 Å². The maximum Gasteiger partial charge on any atom is 0.354 e. The van der Waals surface area contributed by atoms with E-state index in [1.54, 1.807) is 12.3 Å². The maximum atomic E-state index is 12.8. The average Bonchev–Trinajstić information content (AvgIpc) is 3.76. The van der Waals surface area contributed by atoms with E-state index in [-0.39, 0.29) is 17.4 Å². The molecule has 0 atom stereocenters. The Balaban J connectivity index is 1.18. The van der Waals surface area contributed by atoms with Gasteiger partial charge in [-0.15, -0.1) is 11.3 Å². The molecule has 1 saturated carbocycles. The lowest BCUT2D eigenvalue weighted by Crippen LogP contribution is -2.36. The number of fused-ring (bicyclic) bond motifs is 2. The number of hydrogen-bond acceptors (Lipinski definition) is 10. The number of benzene rings is 1. The summed E-state index contributed by atoms with van der Waals surface area (Å²) >= 11 is 1.40. The summed E-state index contributed by atoms with van der Waals surface area (Å²) in [5.41, 5.74) is 4.44. The average molecular weight is 572 g/mol. The summed E-state index contributed by atoms with van der Waals surface area (Å²) in [5, 5.41) is 6.07. The number of aromatic nitrogens is 3. The highest BCUT2D eigenvalue weighted by Gasteiger charge is 2.26. The van der Waals surface area contributed by atoms with E-state index in [9.17, 15) is 9.59 Å². The largest absolute Gasteiger partial charge is 0.464 e. The van der Waals surface area contributed by atoms with Crippen molar-refractivity contribution in [1.29, 1.82) is 0 Å². The van der Waals surface area contributed by atoms with Crippen molar-refractivity contribution in [3.05, 3.63) is 63.9 Å². The Morgan fingerprint density at radius 3 is 2.66 bits per heavy atom. The molecule has 1 saturated heterocycles. The lowest BCUT2D eigenvalue weighted by atomic mass is 10.1. The van der Waals surface area contributed by atoms with Gasteiger partial charge in [-0.1, -0.05) is 25.0 Å². The minimum Gasteiger partial charge on any atom is -0.464 e. The molecule has 1 N–H and O–H groups in total. The first-order chi connectivity index (χ1) is 20.1. The number of esters is 1. The number of anilines is 3. The minimum atomic E-state index is -0.367. The molecule has 0 spiro atoms. The topological polar surface area (TPSA) is 112 Å². The number of rotatable bonds is 6. The fourth-order valence-corrected chi connectivity index (χ4v) is 6.71. The van der Waals surface area contributed by atoms with E-state index in [0.717, 1.165) is 53.5 Å². The molecular formula is C30H29N5O5S. The third kappa shape index (κ3) is 4.74. The molecule has 4 aromatic heterocycles. The van der Waals surface area contributed by atoms with Crippen LogP contribution in [0.4, 0.5) is 17.5 Å². The fourth-order valence-electron chi connectivity index (χ4n) is 5.79. The van der Waals surface area contributed by atoms with Crippen molar-refractivity contribution in [2.45, 2.75) is 31.7 Å². The van der Waals surface area contributed by atoms with Gasteiger partial charge in [0.25, 0.3) is 0 Å². The van der Waals surface area contributed by atoms with Crippen LogP contribution in [0.25, 0.3) is 32.4 Å². The van der Waals surface area contributed by atoms with E-state index in [0.29, 0.717) is 54.1 Å². The molecule has 7 rings (SSSR count). The number of nitrogens with zero attached hydrogens (tertiary/aromatic N) is 4. The first-order valence-electron chi connectivity index (χ1n) is 13.8. The number of hydrogen-bond donors (Lipinski definition) is 1. The van der Waals surface area contributed by atoms with Crippen LogP contribution in [0.2, 0.25) is 0 Å². The van der Waals surface area contributed by atoms with Crippen molar-refractivity contribution in [3.8, 4) is 11.1 Å². The molecule has 1 aliphatic carbocycles. The SMILES string of the molecule is COC(=O)c1cc2cnc(Nc3ccc(-c4csc5c(=O)cc(N6CCOCC6)oc45)cc3)nc2n1C1CCCC1. The molecule has 41 heavy (non-hydrogen) atoms. The molecule has 1 aliphatic heterocycles. The smallest absolute Gasteiger partial charge is 0.354 e. The van der Waals surface area contributed by atoms with Gasteiger partial charge in [0, 0.05) is 53.4 Å². The standard InChI is InChI=1S/C30H29N5O5S/c1-38-29(37)23-14-19-16-31-30(33-28(19)35(23)21-4-2-3-5-21)32-20-8-6-18(7-9-20)22-17-41-27-24(36)15-25(40-26(22)27)34-10-12-39-13-11-34/h6-9,14-17,21H,2-5,10-13H2,1H3,(H,31,32,33). The summed E-state index contributed by atoms with van der Waals surface area (Å²) in [6, 6.07) is 11.5. The monoisotopic (exact) mass is 571 g/mol. The molecule has 210 valence electrons. The number of carbonyl (C=O) groups is 1. The summed E-state index contributed by atoms with van der Waals surface area (Å²) in [6.45, 7) is 2.61. The van der Waals surface area contributed by atoms with Crippen LogP contribution in [-0.2, 0) is 9.47 Å². The van der Waals surface area contributed by atoms with Crippen LogP contribution in [0.15, 0.2) is 57.2 Å². The minimum absolute atomic E-state index is 0.0347. The summed E-state index contributed by atoms with van der Waals surface area (Å²) < 4.78 is 19.4. The van der Waals surface area contributed by atoms with Gasteiger partial charge in [-0.3, -0.25) is 4.79 Å². The third-order valence-electron chi connectivity index (χ3n) is 7.87. The molecule has 11 heteroatoms. The highest BCUT2D eigenvalue weighted by Crippen LogP contribution is 2.36. The highest BCUT2D eigenvalue weighted by molar-refractivity contribution is 7.17. The van der Waals surface area contributed by atoms with Crippen LogP contribution in [0.1, 0.15) is 42.2 Å². The Labute approximate surface area is 239 Å². The van der Waals surface area contributed by atoms with Crippen LogP contribution >= 0.6 is 11.3 Å². The third-order valence-corrected chi connectivity index (χ3v) is 8.84. The number of morpholine rings is 1. The first-order valence-corrected chi connectivity index (χ1v) is 14.7. The van der Waals surface area contributed by atoms with Gasteiger partial charge >= 0.3 is 5.97 Å². The number of thiophene rings is 1. The summed E-state index contributed by atoms with van der Waals surface area (Å²) in [6.07, 6.45) is 6.01. The lowest BCUT2D eigenvalue weighted by Gasteiger charge is -2.27. The Morgan fingerprint density at radius 2 is 1.90 bits per heavy atom. The molecule has 2 aliphatic rings. The molecule has 0 unspecified atom stereocenters. The Bertz CT molecular complexity index is 1800. The summed E-state index contributed by atoms with van der Waals surface area (Å²) in [7, 11) is 1.40. The molecule has 1 aromatic carbocycles. The van der Waals surface area contributed by atoms with E-state index in [1.807, 2.05) is 45.2 Å². The maximum absolute atomic E-state index is 12.8. The van der Waals surface area contributed by atoms with E-state index >= 15 is 0 Å². The number of nitrogens with one attached hydrogen (secondary N) is 1. The van der Waals surface area contributed by atoms with Gasteiger partial charge in [-0.2, -0.15) is 4.98 Å². The van der Waals surface area contributed by atoms with Gasteiger partial charge in [0.1, 0.15) is 16.0 Å². The second-order valence-corrected chi connectivity index (χ2v) is 11.2. The molecule has 0 bridgehead atoms. The zero-order valence-corrected chi connectivity index (χ0v) is 23.4. The predicted molar refractivity (Wildman–Crippen MR) is 158 cm³/mol. The Hall–Kier alpha value is -4.22. The highest BCUT2D eigenvalue weighted by atomic mass is 32.1. The number of ether oxygens (including phenoxy) is 2. The van der Waals surface area contributed by atoms with E-state index in [1.165, 1.54) is 18.4 Å². The predicted octanol–water partition coefficient (Wildman–Crippen LogP) is 5.75. The van der Waals surface area contributed by atoms with Gasteiger partial charge in [0.05, 0.1) is 20.3 Å². The van der Waals surface area contributed by atoms with Gasteiger partial charge < -0.3 is 28.7 Å². The lowest BCUT2D eigenvalue weighted by molar-refractivity contribution is 0.0586. The summed E-state index contributed by atoms with van der Waals surface area (Å²) in [5.74, 6) is 0.656. The number of methoxy groups -OCH3 is 1. The quantitative estimate of drug-likeness (QED) is 0.255. The second-order valence-electron chi connectivity index (χ2n) is 10.4. The van der Waals surface area contributed by atoms with Crippen molar-refractivity contribution < 1.29 is 18.7 Å². The van der Waals surface area contributed by atoms with E-state index in [4.69, 9.17) is 18.9 Å².